The minimum atomic E-state index is -0.176. The van der Waals surface area contributed by atoms with Crippen LogP contribution in [0.25, 0.3) is 0 Å². The van der Waals surface area contributed by atoms with E-state index >= 15 is 0 Å². The molecule has 2 aromatic rings. The number of nitrogens with zero attached hydrogens (tertiary/aromatic N) is 3. The van der Waals surface area contributed by atoms with E-state index in [9.17, 15) is 4.79 Å². The predicted octanol–water partition coefficient (Wildman–Crippen LogP) is 3.47. The van der Waals surface area contributed by atoms with Gasteiger partial charge in [0.05, 0.1) is 0 Å². The number of carbonyl (C=O) groups excluding carboxylic acids is 1. The van der Waals surface area contributed by atoms with Gasteiger partial charge in [-0.3, -0.25) is 10.2 Å². The van der Waals surface area contributed by atoms with Crippen molar-refractivity contribution in [3.63, 3.8) is 0 Å². The molecular formula is C20H22N4O. The van der Waals surface area contributed by atoms with Gasteiger partial charge in [-0.05, 0) is 45.2 Å². The molecule has 1 N–H and O–H groups in total. The predicted molar refractivity (Wildman–Crippen MR) is 96.9 cm³/mol. The van der Waals surface area contributed by atoms with Gasteiger partial charge in [0.2, 0.25) is 5.95 Å². The van der Waals surface area contributed by atoms with E-state index in [4.69, 9.17) is 0 Å². The largest absolute Gasteiger partial charge is 0.299 e. The molecule has 1 aromatic carbocycles. The molecule has 128 valence electrons. The summed E-state index contributed by atoms with van der Waals surface area (Å²) in [5.41, 5.74) is 9.44. The number of aromatic nitrogens is 2. The fraction of sp³-hybridized carbons (Fsp3) is 0.350. The number of allylic oxidation sites excluding steroid dienone is 1. The van der Waals surface area contributed by atoms with Gasteiger partial charge >= 0.3 is 0 Å². The number of Topliss-reactive ketones (excluding diaryl/α,β-unsaturated/α-hetero) is 1. The first kappa shape index (κ1) is 15.8. The minimum Gasteiger partial charge on any atom is -0.299 e. The molecule has 2 heterocycles. The lowest BCUT2D eigenvalue weighted by Gasteiger charge is -2.27. The van der Waals surface area contributed by atoms with Gasteiger partial charge in [0, 0.05) is 29.1 Å². The number of rotatable bonds is 2. The maximum absolute atomic E-state index is 12.7. The fourth-order valence-corrected chi connectivity index (χ4v) is 3.68. The molecular weight excluding hydrogens is 312 g/mol. The maximum atomic E-state index is 12.7. The second-order valence-electron chi connectivity index (χ2n) is 6.91. The van der Waals surface area contributed by atoms with Gasteiger partial charge in [0.25, 0.3) is 0 Å². The molecule has 1 aliphatic carbocycles. The number of anilines is 1. The smallest absolute Gasteiger partial charge is 0.245 e. The SMILES string of the molecule is Cc1ccc([C@@H]2C3=C(CCCC3=O)NN2c2nc(C)cc(C)n2)cc1. The zero-order valence-corrected chi connectivity index (χ0v) is 14.8. The normalized spacial score (nSPS) is 19.9. The Morgan fingerprint density at radius 3 is 2.40 bits per heavy atom. The topological polar surface area (TPSA) is 58.1 Å². The molecule has 25 heavy (non-hydrogen) atoms. The molecule has 1 aliphatic heterocycles. The summed E-state index contributed by atoms with van der Waals surface area (Å²) in [6.45, 7) is 6.00. The number of hydrogen-bond donors (Lipinski definition) is 1. The van der Waals surface area contributed by atoms with Crippen LogP contribution < -0.4 is 10.4 Å². The molecule has 0 amide bonds. The number of ketones is 1. The van der Waals surface area contributed by atoms with E-state index in [-0.39, 0.29) is 11.8 Å². The Morgan fingerprint density at radius 2 is 1.72 bits per heavy atom. The number of hydrogen-bond acceptors (Lipinski definition) is 5. The van der Waals surface area contributed by atoms with E-state index in [1.54, 1.807) is 0 Å². The first-order valence-corrected chi connectivity index (χ1v) is 8.74. The van der Waals surface area contributed by atoms with Gasteiger partial charge < -0.3 is 0 Å². The standard InChI is InChI=1S/C20H22N4O/c1-12-7-9-15(10-8-12)19-18-16(5-4-6-17(18)25)23-24(19)20-21-13(2)11-14(3)22-20/h7-11,19,23H,4-6H2,1-3H3/t19-/m1/s1. The zero-order valence-electron chi connectivity index (χ0n) is 14.8. The van der Waals surface area contributed by atoms with Crippen LogP contribution in [0.5, 0.6) is 0 Å². The first-order valence-electron chi connectivity index (χ1n) is 8.74. The van der Waals surface area contributed by atoms with Crippen molar-refractivity contribution in [2.75, 3.05) is 5.01 Å². The van der Waals surface area contributed by atoms with Crippen molar-refractivity contribution in [1.29, 1.82) is 0 Å². The van der Waals surface area contributed by atoms with Crippen LogP contribution >= 0.6 is 0 Å². The van der Waals surface area contributed by atoms with Gasteiger partial charge in [-0.2, -0.15) is 0 Å². The molecule has 0 saturated heterocycles. The summed E-state index contributed by atoms with van der Waals surface area (Å²) >= 11 is 0. The molecule has 5 heteroatoms. The molecule has 4 rings (SSSR count). The summed E-state index contributed by atoms with van der Waals surface area (Å²) in [5.74, 6) is 0.844. The lowest BCUT2D eigenvalue weighted by atomic mass is 9.88. The van der Waals surface area contributed by atoms with Crippen molar-refractivity contribution in [3.8, 4) is 0 Å². The van der Waals surface area contributed by atoms with Crippen molar-refractivity contribution >= 4 is 11.7 Å². The highest BCUT2D eigenvalue weighted by molar-refractivity contribution is 5.99. The van der Waals surface area contributed by atoms with Gasteiger partial charge in [-0.15, -0.1) is 0 Å². The second kappa shape index (κ2) is 5.99. The lowest BCUT2D eigenvalue weighted by Crippen LogP contribution is -2.36. The Hall–Kier alpha value is -2.69. The highest BCUT2D eigenvalue weighted by atomic mass is 16.1. The third kappa shape index (κ3) is 2.80. The number of hydrazine groups is 1. The zero-order chi connectivity index (χ0) is 17.6. The monoisotopic (exact) mass is 334 g/mol. The van der Waals surface area contributed by atoms with Crippen LogP contribution in [-0.4, -0.2) is 15.8 Å². The summed E-state index contributed by atoms with van der Waals surface area (Å²) in [6.07, 6.45) is 2.40. The highest BCUT2D eigenvalue weighted by Crippen LogP contribution is 2.41. The molecule has 2 aliphatic rings. The van der Waals surface area contributed by atoms with Crippen molar-refractivity contribution < 1.29 is 4.79 Å². The Morgan fingerprint density at radius 1 is 1.04 bits per heavy atom. The average Bonchev–Trinajstić information content (AvgIpc) is 2.96. The van der Waals surface area contributed by atoms with Crippen LogP contribution in [0.15, 0.2) is 41.6 Å². The summed E-state index contributed by atoms with van der Waals surface area (Å²) in [5, 5.41) is 1.96. The summed E-state index contributed by atoms with van der Waals surface area (Å²) < 4.78 is 0. The van der Waals surface area contributed by atoms with Crippen LogP contribution in [0.1, 0.15) is 47.8 Å². The lowest BCUT2D eigenvalue weighted by molar-refractivity contribution is -0.116. The molecule has 0 unspecified atom stereocenters. The van der Waals surface area contributed by atoms with Gasteiger partial charge in [-0.1, -0.05) is 29.8 Å². The van der Waals surface area contributed by atoms with Crippen LogP contribution in [0, 0.1) is 20.8 Å². The van der Waals surface area contributed by atoms with E-state index in [1.807, 2.05) is 24.9 Å². The maximum Gasteiger partial charge on any atom is 0.245 e. The summed E-state index contributed by atoms with van der Waals surface area (Å²) in [6, 6.07) is 10.1. The first-order chi connectivity index (χ1) is 12.0. The third-order valence-corrected chi connectivity index (χ3v) is 4.82. The Kier molecular flexibility index (Phi) is 3.79. The van der Waals surface area contributed by atoms with Crippen LogP contribution in [0.4, 0.5) is 5.95 Å². The molecule has 0 fully saturated rings. The van der Waals surface area contributed by atoms with Gasteiger partial charge in [0.15, 0.2) is 5.78 Å². The minimum absolute atomic E-state index is 0.176. The van der Waals surface area contributed by atoms with E-state index in [0.29, 0.717) is 12.4 Å². The summed E-state index contributed by atoms with van der Waals surface area (Å²) in [7, 11) is 0. The second-order valence-corrected chi connectivity index (χ2v) is 6.91. The van der Waals surface area contributed by atoms with Gasteiger partial charge in [0.1, 0.15) is 6.04 Å². The molecule has 1 aromatic heterocycles. The van der Waals surface area contributed by atoms with Crippen molar-refractivity contribution in [3.05, 3.63) is 64.1 Å². The number of aryl methyl sites for hydroxylation is 3. The van der Waals surface area contributed by atoms with Crippen LogP contribution in [0.3, 0.4) is 0 Å². The van der Waals surface area contributed by atoms with E-state index < -0.39 is 0 Å². The van der Waals surface area contributed by atoms with E-state index in [1.165, 1.54) is 5.56 Å². The quantitative estimate of drug-likeness (QED) is 0.911. The Balaban J connectivity index is 1.83. The third-order valence-electron chi connectivity index (χ3n) is 4.82. The van der Waals surface area contributed by atoms with Crippen LogP contribution in [-0.2, 0) is 4.79 Å². The Bertz CT molecular complexity index is 850. The molecule has 1 atom stereocenters. The number of benzene rings is 1. The molecule has 0 spiro atoms. The number of carbonyl (C=O) groups is 1. The molecule has 0 saturated carbocycles. The van der Waals surface area contributed by atoms with Crippen molar-refractivity contribution in [2.24, 2.45) is 0 Å². The van der Waals surface area contributed by atoms with Gasteiger partial charge in [-0.25, -0.2) is 15.0 Å². The van der Waals surface area contributed by atoms with Crippen molar-refractivity contribution in [2.45, 2.75) is 46.1 Å². The van der Waals surface area contributed by atoms with Crippen LogP contribution in [0.2, 0.25) is 0 Å². The Labute approximate surface area is 147 Å². The molecule has 0 radical (unpaired) electrons. The van der Waals surface area contributed by atoms with E-state index in [0.717, 1.165) is 41.1 Å². The number of nitrogens with one attached hydrogen (secondary N) is 1. The fourth-order valence-electron chi connectivity index (χ4n) is 3.68. The average molecular weight is 334 g/mol. The highest BCUT2D eigenvalue weighted by Gasteiger charge is 2.40. The van der Waals surface area contributed by atoms with Crippen molar-refractivity contribution in [1.82, 2.24) is 15.4 Å². The molecule has 0 bridgehead atoms. The molecule has 5 nitrogen and oxygen atoms in total. The van der Waals surface area contributed by atoms with E-state index in [2.05, 4.69) is 46.6 Å². The summed E-state index contributed by atoms with van der Waals surface area (Å²) in [4.78, 5) is 21.9.